The first kappa shape index (κ1) is 39.1. The van der Waals surface area contributed by atoms with Gasteiger partial charge in [0.1, 0.15) is 6.10 Å². The van der Waals surface area contributed by atoms with E-state index in [1.54, 1.807) is 12.2 Å². The largest absolute Gasteiger partial charge is 0.391 e. The van der Waals surface area contributed by atoms with E-state index < -0.39 is 12.2 Å². The third kappa shape index (κ3) is 27.3. The minimum atomic E-state index is -0.681. The maximum atomic E-state index is 9.96. The quantitative estimate of drug-likeness (QED) is 0.0721. The van der Waals surface area contributed by atoms with Gasteiger partial charge in [0, 0.05) is 25.6 Å². The summed E-state index contributed by atoms with van der Waals surface area (Å²) in [5.41, 5.74) is 0. The summed E-state index contributed by atoms with van der Waals surface area (Å²) in [5, 5.41) is 19.9. The highest BCUT2D eigenvalue weighted by molar-refractivity contribution is 4.66. The van der Waals surface area contributed by atoms with Crippen LogP contribution in [0.5, 0.6) is 0 Å². The first-order valence-corrected chi connectivity index (χ1v) is 14.6. The van der Waals surface area contributed by atoms with Gasteiger partial charge in [-0.25, -0.2) is 0 Å². The van der Waals surface area contributed by atoms with Crippen molar-refractivity contribution < 1.29 is 48.1 Å². The van der Waals surface area contributed by atoms with Gasteiger partial charge in [-0.2, -0.15) is 0 Å². The van der Waals surface area contributed by atoms with Crippen LogP contribution in [0, 0.1) is 11.8 Å². The predicted molar refractivity (Wildman–Crippen MR) is 155 cm³/mol. The van der Waals surface area contributed by atoms with Crippen molar-refractivity contribution in [2.24, 2.45) is 11.8 Å². The Morgan fingerprint density at radius 1 is 0.575 bits per heavy atom. The van der Waals surface area contributed by atoms with Crippen molar-refractivity contribution in [3.63, 3.8) is 0 Å². The monoisotopic (exact) mass is 578 g/mol. The van der Waals surface area contributed by atoms with Crippen LogP contribution >= 0.6 is 0 Å². The molecule has 0 spiro atoms. The Labute approximate surface area is 242 Å². The molecule has 0 aliphatic carbocycles. The Balaban J connectivity index is 4.14. The minimum Gasteiger partial charge on any atom is -0.391 e. The lowest BCUT2D eigenvalue weighted by molar-refractivity contribution is -0.162. The summed E-state index contributed by atoms with van der Waals surface area (Å²) in [6.07, 6.45) is 3.59. The molecule has 0 aromatic rings. The van der Waals surface area contributed by atoms with Crippen molar-refractivity contribution in [2.45, 2.75) is 71.6 Å². The fraction of sp³-hybridized carbons (Fsp3) is 0.867. The molecule has 238 valence electrons. The van der Waals surface area contributed by atoms with E-state index in [2.05, 4.69) is 27.0 Å². The molecule has 0 heterocycles. The van der Waals surface area contributed by atoms with Crippen LogP contribution in [0.1, 0.15) is 47.0 Å². The summed E-state index contributed by atoms with van der Waals surface area (Å²) < 4.78 is 45.2. The number of hydrogen-bond donors (Lipinski definition) is 2. The summed E-state index contributed by atoms with van der Waals surface area (Å²) >= 11 is 0. The third-order valence-electron chi connectivity index (χ3n) is 5.22. The molecule has 0 amide bonds. The van der Waals surface area contributed by atoms with Gasteiger partial charge < -0.3 is 48.1 Å². The molecule has 0 radical (unpaired) electrons. The van der Waals surface area contributed by atoms with Gasteiger partial charge in [-0.3, -0.25) is 0 Å². The number of aliphatic hydroxyl groups is 2. The summed E-state index contributed by atoms with van der Waals surface area (Å²) in [7, 11) is 0. The van der Waals surface area contributed by atoms with E-state index in [1.165, 1.54) is 0 Å². The third-order valence-corrected chi connectivity index (χ3v) is 5.22. The fourth-order valence-electron chi connectivity index (χ4n) is 3.19. The van der Waals surface area contributed by atoms with Gasteiger partial charge in [-0.15, -0.1) is 13.2 Å². The molecule has 4 atom stereocenters. The van der Waals surface area contributed by atoms with Crippen molar-refractivity contribution >= 4 is 0 Å². The molecule has 0 bridgehead atoms. The average Bonchev–Trinajstić information content (AvgIpc) is 2.91. The lowest BCUT2D eigenvalue weighted by atomic mass is 10.2. The van der Waals surface area contributed by atoms with Gasteiger partial charge >= 0.3 is 0 Å². The lowest BCUT2D eigenvalue weighted by Crippen LogP contribution is -2.28. The van der Waals surface area contributed by atoms with Crippen LogP contribution in [0.2, 0.25) is 0 Å². The van der Waals surface area contributed by atoms with Crippen molar-refractivity contribution in [3.8, 4) is 0 Å². The first-order chi connectivity index (χ1) is 19.3. The highest BCUT2D eigenvalue weighted by Crippen LogP contribution is 2.08. The first-order valence-electron chi connectivity index (χ1n) is 14.6. The Hall–Kier alpha value is -0.920. The van der Waals surface area contributed by atoms with Gasteiger partial charge in [-0.1, -0.05) is 26.0 Å². The lowest BCUT2D eigenvalue weighted by Gasteiger charge is -2.21. The SMILES string of the molecule is C=CCOCC(O)CCOC(CCOCCCOCC(COCC(O)COCC=C)COC(C)C)OCC(C)C. The Kier molecular flexibility index (Phi) is 27.6. The molecule has 40 heavy (non-hydrogen) atoms. The van der Waals surface area contributed by atoms with E-state index in [4.69, 9.17) is 37.9 Å². The van der Waals surface area contributed by atoms with E-state index in [0.29, 0.717) is 84.8 Å². The summed E-state index contributed by atoms with van der Waals surface area (Å²) in [6, 6.07) is 0. The normalized spacial score (nSPS) is 14.9. The van der Waals surface area contributed by atoms with Crippen LogP contribution in [0.25, 0.3) is 0 Å². The van der Waals surface area contributed by atoms with Crippen LogP contribution in [0.15, 0.2) is 25.3 Å². The Bertz CT molecular complexity index is 513. The van der Waals surface area contributed by atoms with Crippen molar-refractivity contribution in [1.82, 2.24) is 0 Å². The van der Waals surface area contributed by atoms with Gasteiger partial charge in [0.15, 0.2) is 6.29 Å². The van der Waals surface area contributed by atoms with E-state index in [1.807, 2.05) is 13.8 Å². The van der Waals surface area contributed by atoms with Crippen LogP contribution in [-0.2, 0) is 37.9 Å². The topological polar surface area (TPSA) is 114 Å². The summed E-state index contributed by atoms with van der Waals surface area (Å²) in [5.74, 6) is 0.455. The molecule has 10 heteroatoms. The molecule has 0 saturated carbocycles. The van der Waals surface area contributed by atoms with E-state index in [0.717, 1.165) is 6.42 Å². The number of aliphatic hydroxyl groups excluding tert-OH is 2. The minimum absolute atomic E-state index is 0.0627. The highest BCUT2D eigenvalue weighted by atomic mass is 16.7. The predicted octanol–water partition coefficient (Wildman–Crippen LogP) is 3.39. The van der Waals surface area contributed by atoms with Crippen LogP contribution in [0.3, 0.4) is 0 Å². The molecule has 10 nitrogen and oxygen atoms in total. The molecule has 2 N–H and O–H groups in total. The molecule has 0 aliphatic rings. The molecule has 0 aromatic carbocycles. The highest BCUT2D eigenvalue weighted by Gasteiger charge is 2.14. The van der Waals surface area contributed by atoms with Crippen molar-refractivity contribution in [3.05, 3.63) is 25.3 Å². The second-order valence-corrected chi connectivity index (χ2v) is 10.4. The van der Waals surface area contributed by atoms with Gasteiger partial charge in [0.05, 0.1) is 84.9 Å². The average molecular weight is 579 g/mol. The maximum Gasteiger partial charge on any atom is 0.159 e. The molecule has 0 fully saturated rings. The molecule has 0 rings (SSSR count). The van der Waals surface area contributed by atoms with E-state index >= 15 is 0 Å². The van der Waals surface area contributed by atoms with Crippen LogP contribution in [0.4, 0.5) is 0 Å². The summed E-state index contributed by atoms with van der Waals surface area (Å²) in [6.45, 7) is 20.9. The zero-order chi connectivity index (χ0) is 29.8. The van der Waals surface area contributed by atoms with Gasteiger partial charge in [0.2, 0.25) is 0 Å². The van der Waals surface area contributed by atoms with Crippen LogP contribution in [-0.4, -0.2) is 121 Å². The zero-order valence-corrected chi connectivity index (χ0v) is 25.5. The number of ether oxygens (including phenoxy) is 8. The molecule has 4 unspecified atom stereocenters. The molecule has 0 aliphatic heterocycles. The summed E-state index contributed by atoms with van der Waals surface area (Å²) in [4.78, 5) is 0. The standard InChI is InChI=1S/C30H58O10/c1-7-12-34-22-28(31)10-17-38-30(40-18-25(3)4)11-16-33-14-9-15-36-19-27(21-39-26(5)6)20-37-24-29(32)23-35-13-8-2/h7-8,25-32H,1-2,9-24H2,3-6H3. The van der Waals surface area contributed by atoms with Crippen LogP contribution < -0.4 is 0 Å². The van der Waals surface area contributed by atoms with Crippen molar-refractivity contribution in [2.75, 3.05) is 85.9 Å². The van der Waals surface area contributed by atoms with E-state index in [-0.39, 0.29) is 38.1 Å². The van der Waals surface area contributed by atoms with Crippen molar-refractivity contribution in [1.29, 1.82) is 0 Å². The zero-order valence-electron chi connectivity index (χ0n) is 25.5. The molecule has 0 saturated heterocycles. The number of hydrogen-bond acceptors (Lipinski definition) is 10. The molecular weight excluding hydrogens is 520 g/mol. The van der Waals surface area contributed by atoms with Gasteiger partial charge in [0.25, 0.3) is 0 Å². The Morgan fingerprint density at radius 2 is 1.20 bits per heavy atom. The molecular formula is C30H58O10. The second kappa shape index (κ2) is 28.2. The van der Waals surface area contributed by atoms with E-state index in [9.17, 15) is 10.2 Å². The maximum absolute atomic E-state index is 9.96. The molecule has 0 aromatic heterocycles. The fourth-order valence-corrected chi connectivity index (χ4v) is 3.19. The second-order valence-electron chi connectivity index (χ2n) is 10.4. The van der Waals surface area contributed by atoms with Gasteiger partial charge in [-0.05, 0) is 32.6 Å². The Morgan fingerprint density at radius 3 is 1.85 bits per heavy atom. The number of rotatable bonds is 31. The smallest absolute Gasteiger partial charge is 0.159 e.